The number of aliphatic carboxylic acids is 1. The number of thiophene rings is 1. The highest BCUT2D eigenvalue weighted by Gasteiger charge is 2.38. The van der Waals surface area contributed by atoms with Gasteiger partial charge in [-0.25, -0.2) is 9.78 Å². The highest BCUT2D eigenvalue weighted by Crippen LogP contribution is 2.39. The SMILES string of the molecule is Cc1ccc(-c2cc3nc(NC(C)(C)C)nc(N4CCC(NCc5cccc(C(F)(F)F)c5)CC4)c3s2)cc1.O=C(O)C(F)(F)F. The van der Waals surface area contributed by atoms with Crippen LogP contribution in [0, 0.1) is 6.92 Å². The number of alkyl halides is 6. The van der Waals surface area contributed by atoms with Gasteiger partial charge in [0, 0.05) is 36.1 Å². The molecule has 0 radical (unpaired) electrons. The van der Waals surface area contributed by atoms with Crippen molar-refractivity contribution in [2.75, 3.05) is 23.3 Å². The molecule has 0 atom stereocenters. The summed E-state index contributed by atoms with van der Waals surface area (Å²) in [5, 5.41) is 14.0. The number of aromatic nitrogens is 2. The number of carboxylic acid groups (broad SMARTS) is 1. The molecule has 14 heteroatoms. The van der Waals surface area contributed by atoms with E-state index in [0.29, 0.717) is 18.1 Å². The Morgan fingerprint density at radius 1 is 0.978 bits per heavy atom. The van der Waals surface area contributed by atoms with E-state index >= 15 is 0 Å². The molecular weight excluding hydrogens is 632 g/mol. The second-order valence-electron chi connectivity index (χ2n) is 12.1. The summed E-state index contributed by atoms with van der Waals surface area (Å²) in [6.45, 7) is 10.4. The van der Waals surface area contributed by atoms with Gasteiger partial charge in [0.05, 0.1) is 15.8 Å². The molecule has 5 rings (SSSR count). The molecule has 248 valence electrons. The lowest BCUT2D eigenvalue weighted by Gasteiger charge is -2.34. The topological polar surface area (TPSA) is 90.4 Å². The van der Waals surface area contributed by atoms with Crippen molar-refractivity contribution in [2.45, 2.75) is 71.0 Å². The molecule has 1 aliphatic rings. The molecule has 0 unspecified atom stereocenters. The molecule has 0 bridgehead atoms. The van der Waals surface area contributed by atoms with Gasteiger partial charge in [0.2, 0.25) is 5.95 Å². The van der Waals surface area contributed by atoms with Crippen LogP contribution in [0.2, 0.25) is 0 Å². The van der Waals surface area contributed by atoms with Crippen molar-refractivity contribution in [3.63, 3.8) is 0 Å². The molecule has 0 amide bonds. The van der Waals surface area contributed by atoms with E-state index in [-0.39, 0.29) is 11.6 Å². The molecule has 3 heterocycles. The quantitative estimate of drug-likeness (QED) is 0.178. The van der Waals surface area contributed by atoms with Crippen LogP contribution in [0.5, 0.6) is 0 Å². The van der Waals surface area contributed by atoms with E-state index in [0.717, 1.165) is 58.5 Å². The van der Waals surface area contributed by atoms with E-state index in [2.05, 4.69) is 73.6 Å². The third-order valence-electron chi connectivity index (χ3n) is 7.06. The molecule has 46 heavy (non-hydrogen) atoms. The number of benzene rings is 2. The fraction of sp³-hybridized carbons (Fsp3) is 0.406. The molecule has 0 aliphatic carbocycles. The van der Waals surface area contributed by atoms with Crippen molar-refractivity contribution in [1.29, 1.82) is 0 Å². The standard InChI is InChI=1S/C30H34F3N5S.C2HF3O2/c1-19-8-10-21(11-9-19)25-17-24-26(39-25)27(36-28(35-24)37-29(2,3)4)38-14-12-23(13-15-38)34-18-20-6-5-7-22(16-20)30(31,32)33;3-2(4,5)1(6)7/h5-11,16-17,23,34H,12-15,18H2,1-4H3,(H,35,36,37);(H,6,7). The lowest BCUT2D eigenvalue weighted by Crippen LogP contribution is -2.42. The number of carbonyl (C=O) groups is 1. The second-order valence-corrected chi connectivity index (χ2v) is 13.1. The molecule has 4 aromatic rings. The monoisotopic (exact) mass is 667 g/mol. The number of aryl methyl sites for hydroxylation is 1. The minimum Gasteiger partial charge on any atom is -0.475 e. The number of hydrogen-bond donors (Lipinski definition) is 3. The van der Waals surface area contributed by atoms with Crippen molar-refractivity contribution in [3.8, 4) is 10.4 Å². The molecular formula is C32H35F6N5O2S. The minimum atomic E-state index is -5.08. The van der Waals surface area contributed by atoms with Gasteiger partial charge in [-0.15, -0.1) is 11.3 Å². The summed E-state index contributed by atoms with van der Waals surface area (Å²) < 4.78 is 72.0. The minimum absolute atomic E-state index is 0.179. The van der Waals surface area contributed by atoms with Gasteiger partial charge < -0.3 is 20.6 Å². The van der Waals surface area contributed by atoms with Crippen molar-refractivity contribution in [2.24, 2.45) is 0 Å². The number of hydrogen-bond acceptors (Lipinski definition) is 7. The Labute approximate surface area is 266 Å². The Hall–Kier alpha value is -3.91. The van der Waals surface area contributed by atoms with Crippen LogP contribution < -0.4 is 15.5 Å². The summed E-state index contributed by atoms with van der Waals surface area (Å²) in [6.07, 6.45) is -7.66. The van der Waals surface area contributed by atoms with Gasteiger partial charge in [0.1, 0.15) is 0 Å². The number of fused-ring (bicyclic) bond motifs is 1. The molecule has 7 nitrogen and oxygen atoms in total. The third kappa shape index (κ3) is 9.55. The normalized spacial score (nSPS) is 14.6. The highest BCUT2D eigenvalue weighted by molar-refractivity contribution is 7.22. The molecule has 1 fully saturated rings. The molecule has 2 aromatic carbocycles. The smallest absolute Gasteiger partial charge is 0.475 e. The molecule has 3 N–H and O–H groups in total. The molecule has 0 spiro atoms. The first kappa shape index (κ1) is 35.0. The van der Waals surface area contributed by atoms with E-state index < -0.39 is 23.9 Å². The van der Waals surface area contributed by atoms with Gasteiger partial charge in [-0.05, 0) is 63.8 Å². The van der Waals surface area contributed by atoms with E-state index in [1.807, 2.05) is 0 Å². The van der Waals surface area contributed by atoms with Gasteiger partial charge >= 0.3 is 18.3 Å². The van der Waals surface area contributed by atoms with Crippen LogP contribution in [0.3, 0.4) is 0 Å². The lowest BCUT2D eigenvalue weighted by atomic mass is 10.0. The molecule has 2 aromatic heterocycles. The maximum absolute atomic E-state index is 13.1. The van der Waals surface area contributed by atoms with Crippen molar-refractivity contribution in [3.05, 3.63) is 71.3 Å². The summed E-state index contributed by atoms with van der Waals surface area (Å²) in [6, 6.07) is 16.4. The summed E-state index contributed by atoms with van der Waals surface area (Å²) >= 11 is 1.71. The van der Waals surface area contributed by atoms with Crippen molar-refractivity contribution in [1.82, 2.24) is 15.3 Å². The van der Waals surface area contributed by atoms with Crippen LogP contribution in [0.4, 0.5) is 38.1 Å². The first-order valence-corrected chi connectivity index (χ1v) is 15.3. The average Bonchev–Trinajstić information content (AvgIpc) is 3.39. The Balaban J connectivity index is 0.000000617. The summed E-state index contributed by atoms with van der Waals surface area (Å²) in [4.78, 5) is 22.2. The first-order valence-electron chi connectivity index (χ1n) is 14.5. The summed E-state index contributed by atoms with van der Waals surface area (Å²) in [5.74, 6) is -1.21. The van der Waals surface area contributed by atoms with Crippen molar-refractivity contribution < 1.29 is 36.2 Å². The maximum atomic E-state index is 13.1. The van der Waals surface area contributed by atoms with Crippen LogP contribution >= 0.6 is 11.3 Å². The predicted octanol–water partition coefficient (Wildman–Crippen LogP) is 8.29. The molecule has 1 saturated heterocycles. The lowest BCUT2D eigenvalue weighted by molar-refractivity contribution is -0.192. The van der Waals surface area contributed by atoms with Crippen LogP contribution in [0.15, 0.2) is 54.6 Å². The zero-order valence-electron chi connectivity index (χ0n) is 25.7. The van der Waals surface area contributed by atoms with Crippen molar-refractivity contribution >= 4 is 39.3 Å². The fourth-order valence-electron chi connectivity index (χ4n) is 4.80. The average molecular weight is 668 g/mol. The Kier molecular flexibility index (Phi) is 10.5. The Morgan fingerprint density at radius 2 is 1.61 bits per heavy atom. The summed E-state index contributed by atoms with van der Waals surface area (Å²) in [7, 11) is 0. The first-order chi connectivity index (χ1) is 21.4. The second kappa shape index (κ2) is 13.8. The Bertz CT molecular complexity index is 1640. The Morgan fingerprint density at radius 3 is 2.17 bits per heavy atom. The van der Waals surface area contributed by atoms with E-state index in [4.69, 9.17) is 19.9 Å². The van der Waals surface area contributed by atoms with Gasteiger partial charge in [-0.1, -0.05) is 48.0 Å². The van der Waals surface area contributed by atoms with E-state index in [1.54, 1.807) is 17.4 Å². The maximum Gasteiger partial charge on any atom is 0.490 e. The van der Waals surface area contributed by atoms with Crippen LogP contribution in [-0.4, -0.2) is 51.9 Å². The zero-order valence-corrected chi connectivity index (χ0v) is 26.5. The number of anilines is 2. The highest BCUT2D eigenvalue weighted by atomic mass is 32.1. The number of nitrogens with one attached hydrogen (secondary N) is 2. The zero-order chi connectivity index (χ0) is 33.9. The van der Waals surface area contributed by atoms with Gasteiger partial charge in [0.25, 0.3) is 0 Å². The van der Waals surface area contributed by atoms with Crippen LogP contribution in [-0.2, 0) is 17.5 Å². The van der Waals surface area contributed by atoms with E-state index in [9.17, 15) is 26.3 Å². The largest absolute Gasteiger partial charge is 0.490 e. The number of nitrogens with zero attached hydrogens (tertiary/aromatic N) is 3. The predicted molar refractivity (Wildman–Crippen MR) is 168 cm³/mol. The van der Waals surface area contributed by atoms with Gasteiger partial charge in [-0.3, -0.25) is 0 Å². The fourth-order valence-corrected chi connectivity index (χ4v) is 5.92. The van der Waals surface area contributed by atoms with Gasteiger partial charge in [-0.2, -0.15) is 31.3 Å². The van der Waals surface area contributed by atoms with E-state index in [1.165, 1.54) is 17.7 Å². The number of carboxylic acids is 1. The number of rotatable bonds is 6. The molecule has 0 saturated carbocycles. The third-order valence-corrected chi connectivity index (χ3v) is 8.23. The number of halogens is 6. The summed E-state index contributed by atoms with van der Waals surface area (Å²) in [5.41, 5.74) is 3.17. The molecule has 1 aliphatic heterocycles. The van der Waals surface area contributed by atoms with Crippen LogP contribution in [0.25, 0.3) is 20.7 Å². The van der Waals surface area contributed by atoms with Gasteiger partial charge in [0.15, 0.2) is 5.82 Å². The van der Waals surface area contributed by atoms with Crippen LogP contribution in [0.1, 0.15) is 50.3 Å². The number of piperidine rings is 1.